The first kappa shape index (κ1) is 15.6. The van der Waals surface area contributed by atoms with Crippen LogP contribution in [-0.2, 0) is 0 Å². The topological polar surface area (TPSA) is 80.0 Å². The molecule has 0 bridgehead atoms. The Balaban J connectivity index is 0.00000161. The maximum Gasteiger partial charge on any atom is 0.220 e. The van der Waals surface area contributed by atoms with Crippen molar-refractivity contribution in [1.82, 2.24) is 0 Å². The van der Waals surface area contributed by atoms with Gasteiger partial charge in [-0.25, -0.2) is 4.99 Å². The van der Waals surface area contributed by atoms with E-state index in [0.29, 0.717) is 11.9 Å². The highest BCUT2D eigenvalue weighted by Gasteiger charge is 2.42. The highest BCUT2D eigenvalue weighted by molar-refractivity contribution is 6.05. The molecule has 5 nitrogen and oxygen atoms in total. The molecule has 1 aliphatic heterocycles. The number of aryl methyl sites for hydroxylation is 1. The molecule has 21 heavy (non-hydrogen) atoms. The van der Waals surface area contributed by atoms with Crippen LogP contribution >= 0.6 is 12.4 Å². The smallest absolute Gasteiger partial charge is 0.220 e. The van der Waals surface area contributed by atoms with Crippen molar-refractivity contribution in [2.24, 2.45) is 21.5 Å². The number of halogens is 1. The lowest BCUT2D eigenvalue weighted by Gasteiger charge is -2.45. The minimum Gasteiger partial charge on any atom is -0.369 e. The number of hydrogen-bond donors (Lipinski definition) is 2. The van der Waals surface area contributed by atoms with Crippen molar-refractivity contribution < 1.29 is 0 Å². The molecule has 0 atom stereocenters. The number of aliphatic imine (C=N–C) groups is 2. The fraction of sp³-hybridized carbons (Fsp3) is 0.467. The third-order valence-electron chi connectivity index (χ3n) is 4.14. The maximum atomic E-state index is 6.16. The normalized spacial score (nSPS) is 20.5. The van der Waals surface area contributed by atoms with E-state index in [1.54, 1.807) is 0 Å². The Hall–Kier alpha value is -1.75. The molecule has 0 saturated heterocycles. The second-order valence-corrected chi connectivity index (χ2v) is 5.65. The Bertz CT molecular complexity index is 558. The largest absolute Gasteiger partial charge is 0.369 e. The van der Waals surface area contributed by atoms with Crippen LogP contribution in [0.3, 0.4) is 0 Å². The molecule has 0 unspecified atom stereocenters. The second kappa shape index (κ2) is 5.93. The molecule has 1 saturated carbocycles. The van der Waals surface area contributed by atoms with Crippen LogP contribution in [0.15, 0.2) is 34.3 Å². The monoisotopic (exact) mass is 307 g/mol. The van der Waals surface area contributed by atoms with E-state index in [2.05, 4.69) is 46.1 Å². The second-order valence-electron chi connectivity index (χ2n) is 5.65. The average Bonchev–Trinajstić information content (AvgIpc) is 2.41. The van der Waals surface area contributed by atoms with Crippen molar-refractivity contribution in [3.63, 3.8) is 0 Å². The van der Waals surface area contributed by atoms with Crippen LogP contribution in [0.25, 0.3) is 0 Å². The molecular formula is C15H22ClN5. The highest BCUT2D eigenvalue weighted by atomic mass is 35.5. The number of rotatable bonds is 1. The molecule has 6 heteroatoms. The molecule has 1 heterocycles. The lowest BCUT2D eigenvalue weighted by molar-refractivity contribution is 0.305. The van der Waals surface area contributed by atoms with Gasteiger partial charge < -0.3 is 11.5 Å². The van der Waals surface area contributed by atoms with Gasteiger partial charge in [0.1, 0.15) is 5.66 Å². The highest BCUT2D eigenvalue weighted by Crippen LogP contribution is 2.39. The number of nitrogens with zero attached hydrogens (tertiary/aromatic N) is 3. The molecular weight excluding hydrogens is 286 g/mol. The van der Waals surface area contributed by atoms with Crippen molar-refractivity contribution in [1.29, 1.82) is 0 Å². The quantitative estimate of drug-likeness (QED) is 0.836. The number of nitrogens with two attached hydrogens (primary N) is 2. The van der Waals surface area contributed by atoms with Crippen LogP contribution < -0.4 is 16.4 Å². The third-order valence-corrected chi connectivity index (χ3v) is 4.14. The van der Waals surface area contributed by atoms with E-state index in [4.69, 9.17) is 11.5 Å². The summed E-state index contributed by atoms with van der Waals surface area (Å²) in [5.41, 5.74) is 13.9. The Kier molecular flexibility index (Phi) is 4.42. The van der Waals surface area contributed by atoms with Crippen molar-refractivity contribution in [3.05, 3.63) is 29.8 Å². The zero-order valence-electron chi connectivity index (χ0n) is 12.2. The average molecular weight is 308 g/mol. The fourth-order valence-corrected chi connectivity index (χ4v) is 3.19. The van der Waals surface area contributed by atoms with Crippen LogP contribution in [-0.4, -0.2) is 17.6 Å². The maximum absolute atomic E-state index is 6.16. The first-order valence-corrected chi connectivity index (χ1v) is 7.17. The van der Waals surface area contributed by atoms with E-state index in [1.165, 1.54) is 12.0 Å². The first-order valence-electron chi connectivity index (χ1n) is 7.17. The van der Waals surface area contributed by atoms with Gasteiger partial charge >= 0.3 is 0 Å². The molecule has 1 aromatic rings. The predicted molar refractivity (Wildman–Crippen MR) is 90.0 cm³/mol. The summed E-state index contributed by atoms with van der Waals surface area (Å²) < 4.78 is 0. The summed E-state index contributed by atoms with van der Waals surface area (Å²) >= 11 is 0. The van der Waals surface area contributed by atoms with Gasteiger partial charge in [0.25, 0.3) is 0 Å². The molecule has 2 aliphatic rings. The Morgan fingerprint density at radius 3 is 2.29 bits per heavy atom. The van der Waals surface area contributed by atoms with Gasteiger partial charge in [0, 0.05) is 5.69 Å². The molecule has 1 aromatic carbocycles. The Morgan fingerprint density at radius 1 is 1.05 bits per heavy atom. The Morgan fingerprint density at radius 2 is 1.67 bits per heavy atom. The van der Waals surface area contributed by atoms with Crippen LogP contribution in [0.5, 0.6) is 0 Å². The van der Waals surface area contributed by atoms with E-state index >= 15 is 0 Å². The van der Waals surface area contributed by atoms with E-state index in [1.807, 2.05) is 0 Å². The summed E-state index contributed by atoms with van der Waals surface area (Å²) in [6.07, 6.45) is 5.48. The SMILES string of the molecule is Cc1ccc(N2C(N)=NC(N)=NC23CCCCC3)cc1.Cl. The van der Waals surface area contributed by atoms with E-state index in [9.17, 15) is 0 Å². The van der Waals surface area contributed by atoms with Gasteiger partial charge in [0.05, 0.1) is 0 Å². The molecule has 4 N–H and O–H groups in total. The summed E-state index contributed by atoms with van der Waals surface area (Å²) in [5.74, 6) is 0.746. The van der Waals surface area contributed by atoms with Gasteiger partial charge in [-0.15, -0.1) is 12.4 Å². The molecule has 0 radical (unpaired) electrons. The van der Waals surface area contributed by atoms with Crippen LogP contribution in [0.1, 0.15) is 37.7 Å². The summed E-state index contributed by atoms with van der Waals surface area (Å²) in [7, 11) is 0. The summed E-state index contributed by atoms with van der Waals surface area (Å²) in [5, 5.41) is 0. The van der Waals surface area contributed by atoms with Crippen molar-refractivity contribution >= 4 is 30.0 Å². The lowest BCUT2D eigenvalue weighted by atomic mass is 9.87. The summed E-state index contributed by atoms with van der Waals surface area (Å²) in [4.78, 5) is 10.9. The summed E-state index contributed by atoms with van der Waals surface area (Å²) in [6.45, 7) is 2.07. The zero-order chi connectivity index (χ0) is 14.2. The molecule has 114 valence electrons. The Labute approximate surface area is 131 Å². The summed E-state index contributed by atoms with van der Waals surface area (Å²) in [6, 6.07) is 8.32. The zero-order valence-corrected chi connectivity index (χ0v) is 13.1. The molecule has 1 fully saturated rings. The van der Waals surface area contributed by atoms with E-state index in [0.717, 1.165) is 31.4 Å². The molecule has 3 rings (SSSR count). The van der Waals surface area contributed by atoms with Gasteiger partial charge in [-0.3, -0.25) is 4.90 Å². The van der Waals surface area contributed by atoms with E-state index in [-0.39, 0.29) is 18.1 Å². The third kappa shape index (κ3) is 2.83. The van der Waals surface area contributed by atoms with Gasteiger partial charge in [-0.2, -0.15) is 4.99 Å². The van der Waals surface area contributed by atoms with Gasteiger partial charge in [-0.1, -0.05) is 24.1 Å². The fourth-order valence-electron chi connectivity index (χ4n) is 3.19. The van der Waals surface area contributed by atoms with Crippen molar-refractivity contribution in [3.8, 4) is 0 Å². The molecule has 1 aliphatic carbocycles. The molecule has 0 amide bonds. The molecule has 0 aromatic heterocycles. The van der Waals surface area contributed by atoms with Crippen LogP contribution in [0.2, 0.25) is 0 Å². The van der Waals surface area contributed by atoms with Crippen LogP contribution in [0, 0.1) is 6.92 Å². The predicted octanol–water partition coefficient (Wildman–Crippen LogP) is 2.53. The van der Waals surface area contributed by atoms with Gasteiger partial charge in [0.2, 0.25) is 11.9 Å². The first-order chi connectivity index (χ1) is 9.61. The molecule has 1 spiro atoms. The number of anilines is 1. The van der Waals surface area contributed by atoms with E-state index < -0.39 is 0 Å². The van der Waals surface area contributed by atoms with Gasteiger partial charge in [0.15, 0.2) is 0 Å². The number of guanidine groups is 2. The minimum absolute atomic E-state index is 0. The van der Waals surface area contributed by atoms with Crippen molar-refractivity contribution in [2.75, 3.05) is 4.90 Å². The van der Waals surface area contributed by atoms with Crippen molar-refractivity contribution in [2.45, 2.75) is 44.7 Å². The number of benzene rings is 1. The number of hydrogen-bond acceptors (Lipinski definition) is 5. The van der Waals surface area contributed by atoms with Gasteiger partial charge in [-0.05, 0) is 44.7 Å². The standard InChI is InChI=1S/C15H21N5.ClH/c1-11-5-7-12(8-6-11)20-14(17)18-13(16)19-15(20)9-3-2-4-10-15;/h5-8H,2-4,9-10H2,1H3,(H4,16,17,18,19);1H. The minimum atomic E-state index is -0.344. The lowest BCUT2D eigenvalue weighted by Crippen LogP contribution is -2.58. The van der Waals surface area contributed by atoms with Crippen LogP contribution in [0.4, 0.5) is 5.69 Å².